The molecule has 17 heavy (non-hydrogen) atoms. The number of likely N-dealkylation sites (tertiary alicyclic amines) is 1. The molecule has 0 spiro atoms. The third-order valence-electron chi connectivity index (χ3n) is 4.48. The summed E-state index contributed by atoms with van der Waals surface area (Å²) in [5.74, 6) is 0. The first-order chi connectivity index (χ1) is 7.99. The first-order valence-electron chi connectivity index (χ1n) is 6.85. The van der Waals surface area contributed by atoms with E-state index < -0.39 is 0 Å². The Morgan fingerprint density at radius 2 is 1.82 bits per heavy atom. The minimum Gasteiger partial charge on any atom is -0.390 e. The molecule has 4 nitrogen and oxygen atoms in total. The van der Waals surface area contributed by atoms with Crippen molar-refractivity contribution in [2.24, 2.45) is 0 Å². The number of nitrogens with zero attached hydrogens (tertiary/aromatic N) is 3. The van der Waals surface area contributed by atoms with Crippen molar-refractivity contribution in [3.05, 3.63) is 0 Å². The summed E-state index contributed by atoms with van der Waals surface area (Å²) in [5.41, 5.74) is 0. The van der Waals surface area contributed by atoms with Gasteiger partial charge in [0.1, 0.15) is 0 Å². The number of hydrogen-bond donors (Lipinski definition) is 1. The number of aliphatic hydroxyl groups is 1. The minimum atomic E-state index is -0.173. The number of β-amino-alcohol motifs (C(OH)–C–C–N with tert-alkyl or cyclic N) is 1. The summed E-state index contributed by atoms with van der Waals surface area (Å²) in [6.07, 6.45) is -0.173. The van der Waals surface area contributed by atoms with Gasteiger partial charge in [-0.2, -0.15) is 0 Å². The second kappa shape index (κ2) is 5.22. The Balaban J connectivity index is 1.94. The first-order valence-corrected chi connectivity index (χ1v) is 6.85. The molecule has 1 N–H and O–H groups in total. The Bertz CT molecular complexity index is 259. The van der Waals surface area contributed by atoms with Gasteiger partial charge in [0.15, 0.2) is 0 Å². The molecule has 2 aliphatic rings. The van der Waals surface area contributed by atoms with Gasteiger partial charge in [-0.1, -0.05) is 0 Å². The number of hydrogen-bond acceptors (Lipinski definition) is 4. The van der Waals surface area contributed by atoms with E-state index in [1.807, 2.05) is 0 Å². The van der Waals surface area contributed by atoms with Gasteiger partial charge >= 0.3 is 0 Å². The lowest BCUT2D eigenvalue weighted by Crippen LogP contribution is -2.56. The van der Waals surface area contributed by atoms with Crippen LogP contribution in [0.25, 0.3) is 0 Å². The third kappa shape index (κ3) is 2.81. The maximum absolute atomic E-state index is 10.2. The normalized spacial score (nSPS) is 38.1. The highest BCUT2D eigenvalue weighted by Crippen LogP contribution is 2.21. The molecule has 3 unspecified atom stereocenters. The van der Waals surface area contributed by atoms with Crippen LogP contribution < -0.4 is 0 Å². The van der Waals surface area contributed by atoms with Crippen molar-refractivity contribution in [1.29, 1.82) is 0 Å². The lowest BCUT2D eigenvalue weighted by atomic mass is 10.1. The van der Waals surface area contributed by atoms with E-state index in [-0.39, 0.29) is 6.10 Å². The fourth-order valence-corrected chi connectivity index (χ4v) is 2.96. The molecule has 0 aromatic heterocycles. The molecule has 0 bridgehead atoms. The summed E-state index contributed by atoms with van der Waals surface area (Å²) >= 11 is 0. The third-order valence-corrected chi connectivity index (χ3v) is 4.48. The van der Waals surface area contributed by atoms with Crippen LogP contribution >= 0.6 is 0 Å². The molecule has 2 heterocycles. The molecular weight excluding hydrogens is 214 g/mol. The van der Waals surface area contributed by atoms with Gasteiger partial charge in [0.25, 0.3) is 0 Å². The summed E-state index contributed by atoms with van der Waals surface area (Å²) < 4.78 is 0. The minimum absolute atomic E-state index is 0.173. The molecular formula is C13H27N3O. The van der Waals surface area contributed by atoms with Crippen molar-refractivity contribution in [2.75, 3.05) is 39.8 Å². The van der Waals surface area contributed by atoms with E-state index in [4.69, 9.17) is 0 Å². The van der Waals surface area contributed by atoms with E-state index in [1.54, 1.807) is 0 Å². The van der Waals surface area contributed by atoms with Crippen molar-refractivity contribution < 1.29 is 5.11 Å². The van der Waals surface area contributed by atoms with Crippen LogP contribution in [0.15, 0.2) is 0 Å². The monoisotopic (exact) mass is 241 g/mol. The Kier molecular flexibility index (Phi) is 4.08. The van der Waals surface area contributed by atoms with E-state index in [1.165, 1.54) is 0 Å². The summed E-state index contributed by atoms with van der Waals surface area (Å²) in [6.45, 7) is 11.8. The second-order valence-electron chi connectivity index (χ2n) is 6.01. The highest BCUT2D eigenvalue weighted by atomic mass is 16.3. The predicted octanol–water partition coefficient (Wildman–Crippen LogP) is 0.0758. The molecule has 0 amide bonds. The van der Waals surface area contributed by atoms with Gasteiger partial charge in [0, 0.05) is 50.8 Å². The second-order valence-corrected chi connectivity index (χ2v) is 6.01. The van der Waals surface area contributed by atoms with Crippen molar-refractivity contribution in [2.45, 2.75) is 45.0 Å². The molecule has 3 atom stereocenters. The molecule has 0 aromatic rings. The number of rotatable bonds is 2. The van der Waals surface area contributed by atoms with E-state index >= 15 is 0 Å². The molecule has 0 aliphatic carbocycles. The topological polar surface area (TPSA) is 30.0 Å². The maximum Gasteiger partial charge on any atom is 0.0834 e. The molecule has 2 fully saturated rings. The van der Waals surface area contributed by atoms with Crippen molar-refractivity contribution in [1.82, 2.24) is 14.7 Å². The predicted molar refractivity (Wildman–Crippen MR) is 70.2 cm³/mol. The van der Waals surface area contributed by atoms with Crippen LogP contribution in [0.5, 0.6) is 0 Å². The number of aliphatic hydroxyl groups excluding tert-OH is 1. The van der Waals surface area contributed by atoms with Crippen LogP contribution in [0, 0.1) is 0 Å². The Morgan fingerprint density at radius 3 is 2.35 bits per heavy atom. The summed E-state index contributed by atoms with van der Waals surface area (Å²) in [5, 5.41) is 10.2. The zero-order valence-electron chi connectivity index (χ0n) is 11.6. The van der Waals surface area contributed by atoms with Gasteiger partial charge in [0.05, 0.1) is 6.10 Å². The van der Waals surface area contributed by atoms with Gasteiger partial charge in [-0.3, -0.25) is 9.80 Å². The van der Waals surface area contributed by atoms with Crippen LogP contribution in [-0.4, -0.2) is 83.8 Å². The van der Waals surface area contributed by atoms with Crippen molar-refractivity contribution >= 4 is 0 Å². The Hall–Kier alpha value is -0.160. The first kappa shape index (κ1) is 13.3. The zero-order valence-corrected chi connectivity index (χ0v) is 11.6. The van der Waals surface area contributed by atoms with Crippen LogP contribution in [0.3, 0.4) is 0 Å². The number of piperazine rings is 1. The molecule has 2 aliphatic heterocycles. The van der Waals surface area contributed by atoms with E-state index in [9.17, 15) is 5.11 Å². The lowest BCUT2D eigenvalue weighted by Gasteiger charge is -2.41. The maximum atomic E-state index is 10.2. The molecule has 100 valence electrons. The van der Waals surface area contributed by atoms with Gasteiger partial charge < -0.3 is 10.0 Å². The molecule has 0 aromatic carbocycles. The largest absolute Gasteiger partial charge is 0.390 e. The van der Waals surface area contributed by atoms with Gasteiger partial charge in [-0.05, 0) is 27.8 Å². The summed E-state index contributed by atoms with van der Waals surface area (Å²) in [7, 11) is 2.19. The van der Waals surface area contributed by atoms with Crippen LogP contribution in [-0.2, 0) is 0 Å². The molecule has 0 radical (unpaired) electrons. The SMILES string of the molecule is CC1CN(C2CN(C(C)C)CC2O)CCN1C. The zero-order chi connectivity index (χ0) is 12.6. The van der Waals surface area contributed by atoms with Crippen LogP contribution in [0.1, 0.15) is 20.8 Å². The Labute approximate surface area is 105 Å². The standard InChI is InChI=1S/C13H27N3O/c1-10(2)16-8-12(13(17)9-16)15-6-5-14(4)11(3)7-15/h10-13,17H,5-9H2,1-4H3. The van der Waals surface area contributed by atoms with E-state index in [0.717, 1.165) is 32.7 Å². The average Bonchev–Trinajstić information content (AvgIpc) is 2.65. The van der Waals surface area contributed by atoms with Gasteiger partial charge in [0.2, 0.25) is 0 Å². The lowest BCUT2D eigenvalue weighted by molar-refractivity contribution is 0.0297. The van der Waals surface area contributed by atoms with Gasteiger partial charge in [-0.25, -0.2) is 0 Å². The quantitative estimate of drug-likeness (QED) is 0.741. The highest BCUT2D eigenvalue weighted by molar-refractivity contribution is 4.94. The van der Waals surface area contributed by atoms with Crippen molar-refractivity contribution in [3.63, 3.8) is 0 Å². The molecule has 0 saturated carbocycles. The van der Waals surface area contributed by atoms with Gasteiger partial charge in [-0.15, -0.1) is 0 Å². The molecule has 2 rings (SSSR count). The summed E-state index contributed by atoms with van der Waals surface area (Å²) in [6, 6.07) is 1.48. The average molecular weight is 241 g/mol. The van der Waals surface area contributed by atoms with Crippen LogP contribution in [0.2, 0.25) is 0 Å². The smallest absolute Gasteiger partial charge is 0.0834 e. The van der Waals surface area contributed by atoms with Crippen molar-refractivity contribution in [3.8, 4) is 0 Å². The van der Waals surface area contributed by atoms with E-state index in [0.29, 0.717) is 18.1 Å². The van der Waals surface area contributed by atoms with Crippen LogP contribution in [0.4, 0.5) is 0 Å². The molecule has 2 saturated heterocycles. The highest BCUT2D eigenvalue weighted by Gasteiger charge is 2.38. The summed E-state index contributed by atoms with van der Waals surface area (Å²) in [4.78, 5) is 7.27. The fourth-order valence-electron chi connectivity index (χ4n) is 2.96. The number of likely N-dealkylation sites (N-methyl/N-ethyl adjacent to an activating group) is 1. The fraction of sp³-hybridized carbons (Fsp3) is 1.00. The molecule has 4 heteroatoms. The Morgan fingerprint density at radius 1 is 1.12 bits per heavy atom. The van der Waals surface area contributed by atoms with E-state index in [2.05, 4.69) is 42.5 Å².